The molecule has 0 radical (unpaired) electrons. The molecule has 7 heteroatoms. The zero-order chi connectivity index (χ0) is 17.5. The number of furan rings is 1. The first-order chi connectivity index (χ1) is 11.5. The van der Waals surface area contributed by atoms with Crippen LogP contribution in [-0.2, 0) is 23.8 Å². The molecule has 1 N–H and O–H groups in total. The number of carbonyl (C=O) groups is 2. The van der Waals surface area contributed by atoms with Gasteiger partial charge in [0.2, 0.25) is 5.76 Å². The standard InChI is InChI=1S/C17H20O7/c1-11(18)16(17(20)23-7-6-21-2)24-14-9-12(8-13(19)10-14)15-4-3-5-22-15/h3-5,10,12,18H,6-9H2,1-2H3/b16-11-. The average molecular weight is 336 g/mol. The Labute approximate surface area is 139 Å². The minimum Gasteiger partial charge on any atom is -0.508 e. The van der Waals surface area contributed by atoms with Crippen LogP contribution in [0.2, 0.25) is 0 Å². The lowest BCUT2D eigenvalue weighted by molar-refractivity contribution is -0.144. The molecule has 0 fully saturated rings. The van der Waals surface area contributed by atoms with Gasteiger partial charge in [-0.1, -0.05) is 0 Å². The Morgan fingerprint density at radius 2 is 2.17 bits per heavy atom. The Morgan fingerprint density at radius 1 is 1.38 bits per heavy atom. The number of aliphatic hydroxyl groups is 1. The van der Waals surface area contributed by atoms with Crippen LogP contribution in [-0.4, -0.2) is 37.2 Å². The number of ether oxygens (including phenoxy) is 3. The summed E-state index contributed by atoms with van der Waals surface area (Å²) in [4.78, 5) is 23.9. The minimum atomic E-state index is -0.819. The Kier molecular flexibility index (Phi) is 6.20. The second-order valence-corrected chi connectivity index (χ2v) is 5.34. The van der Waals surface area contributed by atoms with Gasteiger partial charge in [0.15, 0.2) is 5.78 Å². The van der Waals surface area contributed by atoms with E-state index in [1.807, 2.05) is 0 Å². The topological polar surface area (TPSA) is 95.2 Å². The summed E-state index contributed by atoms with van der Waals surface area (Å²) in [5, 5.41) is 9.68. The van der Waals surface area contributed by atoms with Crippen molar-refractivity contribution >= 4 is 11.8 Å². The van der Waals surface area contributed by atoms with E-state index in [0.717, 1.165) is 0 Å². The number of rotatable bonds is 7. The maximum Gasteiger partial charge on any atom is 0.377 e. The highest BCUT2D eigenvalue weighted by Gasteiger charge is 2.28. The molecule has 7 nitrogen and oxygen atoms in total. The molecule has 2 rings (SSSR count). The van der Waals surface area contributed by atoms with Crippen LogP contribution in [0.5, 0.6) is 0 Å². The number of methoxy groups -OCH3 is 1. The summed E-state index contributed by atoms with van der Waals surface area (Å²) >= 11 is 0. The Balaban J connectivity index is 2.07. The maximum atomic E-state index is 12.0. The normalized spacial score (nSPS) is 18.7. The van der Waals surface area contributed by atoms with Crippen molar-refractivity contribution in [3.8, 4) is 0 Å². The number of hydrogen-bond donors (Lipinski definition) is 1. The van der Waals surface area contributed by atoms with E-state index in [2.05, 4.69) is 0 Å². The van der Waals surface area contributed by atoms with Crippen molar-refractivity contribution in [1.29, 1.82) is 0 Å². The molecule has 1 heterocycles. The van der Waals surface area contributed by atoms with Crippen molar-refractivity contribution in [2.45, 2.75) is 25.7 Å². The number of esters is 1. The summed E-state index contributed by atoms with van der Waals surface area (Å²) < 4.78 is 20.5. The number of hydrogen-bond acceptors (Lipinski definition) is 7. The summed E-state index contributed by atoms with van der Waals surface area (Å²) in [6, 6.07) is 3.53. The quantitative estimate of drug-likeness (QED) is 0.354. The van der Waals surface area contributed by atoms with Crippen LogP contribution in [0.3, 0.4) is 0 Å². The zero-order valence-electron chi connectivity index (χ0n) is 13.6. The van der Waals surface area contributed by atoms with E-state index in [9.17, 15) is 14.7 Å². The van der Waals surface area contributed by atoms with Gasteiger partial charge < -0.3 is 23.7 Å². The van der Waals surface area contributed by atoms with Gasteiger partial charge in [-0.3, -0.25) is 4.79 Å². The van der Waals surface area contributed by atoms with Crippen molar-refractivity contribution in [1.82, 2.24) is 0 Å². The van der Waals surface area contributed by atoms with Gasteiger partial charge in [-0.05, 0) is 19.1 Å². The molecule has 1 aromatic heterocycles. The van der Waals surface area contributed by atoms with Gasteiger partial charge in [0.25, 0.3) is 0 Å². The molecule has 0 aromatic carbocycles. The molecule has 1 aromatic rings. The van der Waals surface area contributed by atoms with Crippen molar-refractivity contribution in [3.63, 3.8) is 0 Å². The molecular formula is C17H20O7. The smallest absolute Gasteiger partial charge is 0.377 e. The SMILES string of the molecule is COCCOC(=O)/C(OC1=CC(=O)CC(c2ccco2)C1)=C(\C)O. The van der Waals surface area contributed by atoms with Gasteiger partial charge in [0, 0.05) is 31.9 Å². The molecule has 24 heavy (non-hydrogen) atoms. The number of carbonyl (C=O) groups excluding carboxylic acids is 2. The third-order valence-electron chi connectivity index (χ3n) is 3.43. The van der Waals surface area contributed by atoms with Crippen LogP contribution in [0.25, 0.3) is 0 Å². The molecule has 130 valence electrons. The van der Waals surface area contributed by atoms with Gasteiger partial charge in [-0.15, -0.1) is 0 Å². The predicted octanol–water partition coefficient (Wildman–Crippen LogP) is 2.61. The van der Waals surface area contributed by atoms with Gasteiger partial charge >= 0.3 is 5.97 Å². The summed E-state index contributed by atoms with van der Waals surface area (Å²) in [5.74, 6) is -0.847. The van der Waals surface area contributed by atoms with Gasteiger partial charge in [-0.25, -0.2) is 4.79 Å². The summed E-state index contributed by atoms with van der Waals surface area (Å²) in [7, 11) is 1.48. The lowest BCUT2D eigenvalue weighted by Crippen LogP contribution is -2.18. The molecular weight excluding hydrogens is 316 g/mol. The van der Waals surface area contributed by atoms with Crippen LogP contribution in [0.15, 0.2) is 46.2 Å². The Morgan fingerprint density at radius 3 is 2.79 bits per heavy atom. The van der Waals surface area contributed by atoms with Crippen LogP contribution in [0.4, 0.5) is 0 Å². The van der Waals surface area contributed by atoms with Crippen molar-refractivity contribution in [2.75, 3.05) is 20.3 Å². The van der Waals surface area contributed by atoms with Crippen molar-refractivity contribution in [3.05, 3.63) is 47.5 Å². The van der Waals surface area contributed by atoms with E-state index >= 15 is 0 Å². The third kappa shape index (κ3) is 4.73. The molecule has 0 saturated carbocycles. The van der Waals surface area contributed by atoms with Crippen molar-refractivity contribution in [2.24, 2.45) is 0 Å². The molecule has 0 spiro atoms. The third-order valence-corrected chi connectivity index (χ3v) is 3.43. The summed E-state index contributed by atoms with van der Waals surface area (Å²) in [6.07, 6.45) is 3.54. The zero-order valence-corrected chi connectivity index (χ0v) is 13.6. The molecule has 0 aliphatic heterocycles. The van der Waals surface area contributed by atoms with Crippen LogP contribution in [0, 0.1) is 0 Å². The highest BCUT2D eigenvalue weighted by molar-refractivity contribution is 5.92. The lowest BCUT2D eigenvalue weighted by Gasteiger charge is -2.21. The summed E-state index contributed by atoms with van der Waals surface area (Å²) in [6.45, 7) is 1.57. The monoisotopic (exact) mass is 336 g/mol. The molecule has 1 aliphatic rings. The highest BCUT2D eigenvalue weighted by atomic mass is 16.6. The van der Waals surface area contributed by atoms with E-state index in [1.54, 1.807) is 12.1 Å². The van der Waals surface area contributed by atoms with E-state index in [-0.39, 0.29) is 42.2 Å². The average Bonchev–Trinajstić information content (AvgIpc) is 3.06. The molecule has 0 amide bonds. The number of allylic oxidation sites excluding steroid dienone is 3. The Bertz CT molecular complexity index is 636. The second kappa shape index (κ2) is 8.35. The van der Waals surface area contributed by atoms with Crippen molar-refractivity contribution < 1.29 is 33.3 Å². The summed E-state index contributed by atoms with van der Waals surface area (Å²) in [5.41, 5.74) is 0. The van der Waals surface area contributed by atoms with E-state index < -0.39 is 5.97 Å². The minimum absolute atomic E-state index is 0.0302. The van der Waals surface area contributed by atoms with Gasteiger partial charge in [0.1, 0.15) is 23.9 Å². The van der Waals surface area contributed by atoms with Crippen LogP contribution in [0.1, 0.15) is 31.4 Å². The largest absolute Gasteiger partial charge is 0.508 e. The second-order valence-electron chi connectivity index (χ2n) is 5.34. The molecule has 1 atom stereocenters. The molecule has 1 unspecified atom stereocenters. The fourth-order valence-corrected chi connectivity index (χ4v) is 2.33. The van der Waals surface area contributed by atoms with Gasteiger partial charge in [-0.2, -0.15) is 0 Å². The van der Waals surface area contributed by atoms with E-state index in [1.165, 1.54) is 26.4 Å². The Hall–Kier alpha value is -2.54. The van der Waals surface area contributed by atoms with Crippen LogP contribution < -0.4 is 0 Å². The first-order valence-corrected chi connectivity index (χ1v) is 7.51. The van der Waals surface area contributed by atoms with E-state index in [0.29, 0.717) is 18.6 Å². The molecule has 0 saturated heterocycles. The maximum absolute atomic E-state index is 12.0. The number of aliphatic hydroxyl groups excluding tert-OH is 1. The highest BCUT2D eigenvalue weighted by Crippen LogP contribution is 2.33. The first-order valence-electron chi connectivity index (χ1n) is 7.51. The van der Waals surface area contributed by atoms with Crippen LogP contribution >= 0.6 is 0 Å². The predicted molar refractivity (Wildman–Crippen MR) is 83.0 cm³/mol. The molecule has 0 bridgehead atoms. The van der Waals surface area contributed by atoms with E-state index in [4.69, 9.17) is 18.6 Å². The fraction of sp³-hybridized carbons (Fsp3) is 0.412. The lowest BCUT2D eigenvalue weighted by atomic mass is 9.90. The number of ketones is 1. The fourth-order valence-electron chi connectivity index (χ4n) is 2.33. The molecule has 1 aliphatic carbocycles. The van der Waals surface area contributed by atoms with Gasteiger partial charge in [0.05, 0.1) is 12.9 Å². The first kappa shape index (κ1) is 17.8.